The average Bonchev–Trinajstić information content (AvgIpc) is 3.62. The molecule has 5 aromatic rings. The van der Waals surface area contributed by atoms with E-state index in [2.05, 4.69) is 30.4 Å². The molecule has 0 bridgehead atoms. The van der Waals surface area contributed by atoms with Crippen molar-refractivity contribution in [3.05, 3.63) is 71.7 Å². The van der Waals surface area contributed by atoms with Crippen molar-refractivity contribution in [2.24, 2.45) is 7.05 Å². The van der Waals surface area contributed by atoms with Gasteiger partial charge in [0.15, 0.2) is 0 Å². The number of hydrogen-bond acceptors (Lipinski definition) is 7. The predicted molar refractivity (Wildman–Crippen MR) is 116 cm³/mol. The molecule has 0 saturated heterocycles. The second-order valence-corrected chi connectivity index (χ2v) is 8.20. The summed E-state index contributed by atoms with van der Waals surface area (Å²) in [7, 11) is 1.77. The summed E-state index contributed by atoms with van der Waals surface area (Å²) in [5.41, 5.74) is 3.95. The molecule has 0 fully saturated rings. The van der Waals surface area contributed by atoms with Crippen molar-refractivity contribution in [2.45, 2.75) is 25.6 Å². The molecular weight excluding hydrogens is 441 g/mol. The maximum Gasteiger partial charge on any atom is 0.312 e. The van der Waals surface area contributed by atoms with Crippen LogP contribution in [0.2, 0.25) is 0 Å². The van der Waals surface area contributed by atoms with Crippen LogP contribution in [0.4, 0.5) is 4.39 Å². The van der Waals surface area contributed by atoms with Gasteiger partial charge < -0.3 is 14.3 Å². The summed E-state index contributed by atoms with van der Waals surface area (Å²) in [5, 5.41) is 16.8. The molecule has 6 heterocycles. The average molecular weight is 461 g/mol. The maximum atomic E-state index is 14.2. The van der Waals surface area contributed by atoms with Gasteiger partial charge in [0, 0.05) is 31.9 Å². The number of amides is 1. The molecule has 0 saturated carbocycles. The summed E-state index contributed by atoms with van der Waals surface area (Å²) in [5.74, 6) is -0.359. The molecule has 2 atom stereocenters. The molecule has 34 heavy (non-hydrogen) atoms. The van der Waals surface area contributed by atoms with E-state index in [0.717, 1.165) is 11.2 Å². The number of rotatable bonds is 4. The number of H-pyrrole nitrogens is 1. The van der Waals surface area contributed by atoms with Crippen LogP contribution in [0.15, 0.2) is 47.4 Å². The van der Waals surface area contributed by atoms with E-state index in [9.17, 15) is 9.18 Å². The molecule has 0 radical (unpaired) electrons. The number of aromatic nitrogens is 8. The third-order valence-electron chi connectivity index (χ3n) is 5.97. The van der Waals surface area contributed by atoms with Gasteiger partial charge in [-0.15, -0.1) is 10.2 Å². The molecule has 1 aliphatic rings. The van der Waals surface area contributed by atoms with Crippen molar-refractivity contribution >= 4 is 11.4 Å². The van der Waals surface area contributed by atoms with Gasteiger partial charge >= 0.3 is 11.8 Å². The lowest BCUT2D eigenvalue weighted by Crippen LogP contribution is -2.41. The molecule has 12 heteroatoms. The fraction of sp³-hybridized carbons (Fsp3) is 0.273. The highest BCUT2D eigenvalue weighted by Gasteiger charge is 2.38. The normalized spacial score (nSPS) is 16.7. The molecule has 0 spiro atoms. The Kier molecular flexibility index (Phi) is 4.54. The highest BCUT2D eigenvalue weighted by molar-refractivity contribution is 5.90. The van der Waals surface area contributed by atoms with E-state index in [1.807, 2.05) is 12.1 Å². The number of nitrogens with one attached hydrogen (secondary N) is 1. The standard InChI is InChI=1S/C22H20FN9O2/c1-12(23)17-5-3-4-14-8-16(29-32(14)17)19-18-15(24-11-25-18)6-7-31(19)22(33)21-28-27-20(34-21)13-9-26-30(2)10-13/h3-5,8-12,19H,6-7H2,1-2H3,(H,24,25)/t12?,19-/m1/s1. The summed E-state index contributed by atoms with van der Waals surface area (Å²) in [6, 6.07) is 6.57. The van der Waals surface area contributed by atoms with Crippen molar-refractivity contribution in [3.8, 4) is 11.5 Å². The molecule has 172 valence electrons. The van der Waals surface area contributed by atoms with Crippen molar-refractivity contribution in [2.75, 3.05) is 6.54 Å². The molecule has 0 aliphatic carbocycles. The fourth-order valence-electron chi connectivity index (χ4n) is 4.37. The molecule has 0 aromatic carbocycles. The zero-order chi connectivity index (χ0) is 23.4. The number of pyridine rings is 1. The number of nitrogens with zero attached hydrogens (tertiary/aromatic N) is 8. The molecular formula is C22H20FN9O2. The van der Waals surface area contributed by atoms with Crippen LogP contribution in [0, 0.1) is 0 Å². The van der Waals surface area contributed by atoms with Gasteiger partial charge in [0.2, 0.25) is 0 Å². The fourth-order valence-corrected chi connectivity index (χ4v) is 4.37. The third-order valence-corrected chi connectivity index (χ3v) is 5.97. The number of carbonyl (C=O) groups is 1. The summed E-state index contributed by atoms with van der Waals surface area (Å²) >= 11 is 0. The number of alkyl halides is 1. The molecule has 11 nitrogen and oxygen atoms in total. The Bertz CT molecular complexity index is 1510. The van der Waals surface area contributed by atoms with Crippen LogP contribution in [0.1, 0.15) is 52.6 Å². The minimum Gasteiger partial charge on any atom is -0.412 e. The Hall–Kier alpha value is -4.35. The highest BCUT2D eigenvalue weighted by atomic mass is 19.1. The highest BCUT2D eigenvalue weighted by Crippen LogP contribution is 2.35. The largest absolute Gasteiger partial charge is 0.412 e. The Labute approximate surface area is 192 Å². The lowest BCUT2D eigenvalue weighted by atomic mass is 9.99. The Morgan fingerprint density at radius 3 is 3.00 bits per heavy atom. The van der Waals surface area contributed by atoms with E-state index >= 15 is 0 Å². The molecule has 1 unspecified atom stereocenters. The second kappa shape index (κ2) is 7.61. The van der Waals surface area contributed by atoms with Gasteiger partial charge in [0.05, 0.1) is 40.7 Å². The van der Waals surface area contributed by atoms with Crippen LogP contribution in [-0.4, -0.2) is 56.9 Å². The van der Waals surface area contributed by atoms with Gasteiger partial charge in [0.25, 0.3) is 5.89 Å². The topological polar surface area (TPSA) is 123 Å². The van der Waals surface area contributed by atoms with Crippen LogP contribution in [0.25, 0.3) is 17.0 Å². The first kappa shape index (κ1) is 20.3. The molecule has 6 rings (SSSR count). The number of aryl methyl sites for hydroxylation is 1. The van der Waals surface area contributed by atoms with Crippen molar-refractivity contribution in [1.29, 1.82) is 0 Å². The van der Waals surface area contributed by atoms with E-state index in [1.54, 1.807) is 52.0 Å². The lowest BCUT2D eigenvalue weighted by molar-refractivity contribution is 0.0646. The molecule has 1 N–H and O–H groups in total. The monoisotopic (exact) mass is 461 g/mol. The van der Waals surface area contributed by atoms with Crippen LogP contribution in [0.5, 0.6) is 0 Å². The van der Waals surface area contributed by atoms with Crippen molar-refractivity contribution in [1.82, 2.24) is 44.5 Å². The smallest absolute Gasteiger partial charge is 0.312 e. The first-order valence-electron chi connectivity index (χ1n) is 10.8. The Morgan fingerprint density at radius 1 is 1.32 bits per heavy atom. The van der Waals surface area contributed by atoms with E-state index in [-0.39, 0.29) is 11.8 Å². The van der Waals surface area contributed by atoms with Gasteiger partial charge in [-0.05, 0) is 25.1 Å². The Morgan fingerprint density at radius 2 is 2.21 bits per heavy atom. The third kappa shape index (κ3) is 3.17. The van der Waals surface area contributed by atoms with Crippen LogP contribution in [-0.2, 0) is 13.5 Å². The summed E-state index contributed by atoms with van der Waals surface area (Å²) in [6.45, 7) is 1.86. The molecule has 1 amide bonds. The Balaban J connectivity index is 1.41. The second-order valence-electron chi connectivity index (χ2n) is 8.20. The number of halogens is 1. The zero-order valence-electron chi connectivity index (χ0n) is 18.4. The van der Waals surface area contributed by atoms with E-state index in [4.69, 9.17) is 4.42 Å². The van der Waals surface area contributed by atoms with Gasteiger partial charge in [-0.1, -0.05) is 6.07 Å². The number of hydrogen-bond donors (Lipinski definition) is 1. The van der Waals surface area contributed by atoms with Crippen LogP contribution < -0.4 is 0 Å². The number of carbonyl (C=O) groups excluding carboxylic acids is 1. The van der Waals surface area contributed by atoms with Crippen LogP contribution in [0.3, 0.4) is 0 Å². The minimum absolute atomic E-state index is 0.135. The van der Waals surface area contributed by atoms with Crippen LogP contribution >= 0.6 is 0 Å². The van der Waals surface area contributed by atoms with E-state index in [1.165, 1.54) is 6.92 Å². The summed E-state index contributed by atoms with van der Waals surface area (Å²) in [4.78, 5) is 22.8. The number of aromatic amines is 1. The summed E-state index contributed by atoms with van der Waals surface area (Å²) < 4.78 is 23.1. The van der Waals surface area contributed by atoms with Gasteiger partial charge in [0.1, 0.15) is 12.2 Å². The predicted octanol–water partition coefficient (Wildman–Crippen LogP) is 2.66. The minimum atomic E-state index is -1.20. The van der Waals surface area contributed by atoms with Crippen molar-refractivity contribution < 1.29 is 13.6 Å². The number of fused-ring (bicyclic) bond motifs is 2. The van der Waals surface area contributed by atoms with Gasteiger partial charge in [-0.2, -0.15) is 10.2 Å². The SMILES string of the molecule is CC(F)c1cccc2cc([C@@H]3c4nc[nH]c4CCN3C(=O)c3nnc(-c4cnn(C)c4)o3)nn12. The maximum absolute atomic E-state index is 14.2. The molecule has 5 aromatic heterocycles. The quantitative estimate of drug-likeness (QED) is 0.436. The van der Waals surface area contributed by atoms with Crippen molar-refractivity contribution in [3.63, 3.8) is 0 Å². The van der Waals surface area contributed by atoms with Gasteiger partial charge in [-0.3, -0.25) is 9.48 Å². The first-order valence-corrected chi connectivity index (χ1v) is 10.8. The summed E-state index contributed by atoms with van der Waals surface area (Å²) in [6.07, 6.45) is 4.29. The first-order chi connectivity index (χ1) is 16.5. The number of imidazole rings is 1. The van der Waals surface area contributed by atoms with Gasteiger partial charge in [-0.25, -0.2) is 13.9 Å². The lowest BCUT2D eigenvalue weighted by Gasteiger charge is -2.32. The molecule has 1 aliphatic heterocycles. The zero-order valence-corrected chi connectivity index (χ0v) is 18.4. The van der Waals surface area contributed by atoms with E-state index in [0.29, 0.717) is 35.6 Å². The van der Waals surface area contributed by atoms with E-state index < -0.39 is 18.1 Å².